The topological polar surface area (TPSA) is 80.6 Å². The number of halogens is 1. The van der Waals surface area contributed by atoms with E-state index in [1.165, 1.54) is 18.2 Å². The summed E-state index contributed by atoms with van der Waals surface area (Å²) in [5.41, 5.74) is 2.52. The van der Waals surface area contributed by atoms with Crippen LogP contribution in [0, 0.1) is 6.92 Å². The summed E-state index contributed by atoms with van der Waals surface area (Å²) in [5.74, 6) is -0.746. The van der Waals surface area contributed by atoms with Gasteiger partial charge < -0.3 is 9.30 Å². The van der Waals surface area contributed by atoms with E-state index >= 15 is 0 Å². The van der Waals surface area contributed by atoms with E-state index in [1.54, 1.807) is 25.3 Å². The summed E-state index contributed by atoms with van der Waals surface area (Å²) in [6, 6.07) is 16.5. The molecule has 2 aromatic carbocycles. The number of aryl methyl sites for hydroxylation is 1. The zero-order valence-electron chi connectivity index (χ0n) is 16.8. The van der Waals surface area contributed by atoms with E-state index in [0.29, 0.717) is 22.2 Å². The molecule has 1 aliphatic rings. The van der Waals surface area contributed by atoms with Gasteiger partial charge in [-0.2, -0.15) is 0 Å². The molecule has 1 fully saturated rings. The zero-order chi connectivity index (χ0) is 22.1. The number of aromatic nitrogens is 1. The summed E-state index contributed by atoms with van der Waals surface area (Å²) in [4.78, 5) is 38.8. The third kappa shape index (κ3) is 3.83. The number of carbonyl (C=O) groups excluding carboxylic acids is 3. The molecular weight excluding hydrogens is 418 g/mol. The van der Waals surface area contributed by atoms with E-state index in [2.05, 4.69) is 5.32 Å². The number of methoxy groups -OCH3 is 1. The highest BCUT2D eigenvalue weighted by atomic mass is 35.5. The van der Waals surface area contributed by atoms with E-state index < -0.39 is 17.8 Å². The van der Waals surface area contributed by atoms with Crippen LogP contribution in [0.4, 0.5) is 10.5 Å². The van der Waals surface area contributed by atoms with E-state index in [4.69, 9.17) is 16.3 Å². The van der Waals surface area contributed by atoms with Gasteiger partial charge >= 0.3 is 6.03 Å². The normalized spacial score (nSPS) is 15.4. The van der Waals surface area contributed by atoms with E-state index in [9.17, 15) is 14.4 Å². The number of hydrogen-bond acceptors (Lipinski definition) is 4. The molecule has 0 spiro atoms. The number of anilines is 1. The maximum atomic E-state index is 13.1. The maximum absolute atomic E-state index is 13.1. The molecule has 7 nitrogen and oxygen atoms in total. The van der Waals surface area contributed by atoms with Crippen molar-refractivity contribution in [1.82, 2.24) is 9.88 Å². The lowest BCUT2D eigenvalue weighted by atomic mass is 10.1. The fourth-order valence-corrected chi connectivity index (χ4v) is 3.51. The van der Waals surface area contributed by atoms with Gasteiger partial charge in [-0.05, 0) is 73.7 Å². The Balaban J connectivity index is 1.75. The Bertz CT molecular complexity index is 1210. The number of barbiturate groups is 1. The second kappa shape index (κ2) is 8.12. The van der Waals surface area contributed by atoms with Gasteiger partial charge in [0.05, 0.1) is 12.8 Å². The Labute approximate surface area is 183 Å². The molecule has 0 unspecified atom stereocenters. The van der Waals surface area contributed by atoms with E-state index in [-0.39, 0.29) is 5.57 Å². The first-order chi connectivity index (χ1) is 14.9. The fraction of sp³-hybridized carbons (Fsp3) is 0.0870. The molecule has 4 rings (SSSR count). The molecule has 1 N–H and O–H groups in total. The first-order valence-corrected chi connectivity index (χ1v) is 9.76. The van der Waals surface area contributed by atoms with Gasteiger partial charge in [0.1, 0.15) is 11.3 Å². The van der Waals surface area contributed by atoms with Crippen molar-refractivity contribution < 1.29 is 19.1 Å². The van der Waals surface area contributed by atoms with Gasteiger partial charge in [0.25, 0.3) is 11.8 Å². The smallest absolute Gasteiger partial charge is 0.335 e. The number of hydrogen-bond donors (Lipinski definition) is 1. The fourth-order valence-electron chi connectivity index (χ4n) is 3.39. The highest BCUT2D eigenvalue weighted by molar-refractivity contribution is 6.39. The first-order valence-electron chi connectivity index (χ1n) is 9.39. The summed E-state index contributed by atoms with van der Waals surface area (Å²) in [6.07, 6.45) is 1.48. The minimum atomic E-state index is -0.809. The third-order valence-corrected chi connectivity index (χ3v) is 5.17. The number of ether oxygens (including phenoxy) is 1. The average molecular weight is 436 g/mol. The van der Waals surface area contributed by atoms with Gasteiger partial charge in [-0.3, -0.25) is 14.9 Å². The van der Waals surface area contributed by atoms with Crippen LogP contribution in [-0.2, 0) is 9.59 Å². The lowest BCUT2D eigenvalue weighted by molar-refractivity contribution is -0.122. The van der Waals surface area contributed by atoms with Crippen LogP contribution in [0.3, 0.4) is 0 Å². The summed E-state index contributed by atoms with van der Waals surface area (Å²) < 4.78 is 7.10. The number of amides is 4. The lowest BCUT2D eigenvalue weighted by Crippen LogP contribution is -2.54. The monoisotopic (exact) mass is 435 g/mol. The highest BCUT2D eigenvalue weighted by Crippen LogP contribution is 2.26. The largest absolute Gasteiger partial charge is 0.497 e. The summed E-state index contributed by atoms with van der Waals surface area (Å²) >= 11 is 5.90. The second-order valence-electron chi connectivity index (χ2n) is 6.87. The van der Waals surface area contributed by atoms with Gasteiger partial charge in [-0.15, -0.1) is 0 Å². The molecule has 0 radical (unpaired) electrons. The highest BCUT2D eigenvalue weighted by Gasteiger charge is 2.37. The van der Waals surface area contributed by atoms with Crippen LogP contribution in [0.5, 0.6) is 5.75 Å². The molecule has 0 bridgehead atoms. The maximum Gasteiger partial charge on any atom is 0.335 e. The SMILES string of the molecule is COc1ccc(-n2c(C)ccc2/C=C2\C(=O)NC(=O)N(c3ccc(Cl)cc3)C2=O)cc1. The Hall–Kier alpha value is -3.84. The molecule has 0 atom stereocenters. The van der Waals surface area contributed by atoms with Crippen molar-refractivity contribution in [3.05, 3.63) is 82.6 Å². The van der Waals surface area contributed by atoms with Gasteiger partial charge in [0.15, 0.2) is 0 Å². The minimum Gasteiger partial charge on any atom is -0.497 e. The van der Waals surface area contributed by atoms with Crippen LogP contribution in [-0.4, -0.2) is 29.5 Å². The van der Waals surface area contributed by atoms with Crippen molar-refractivity contribution in [2.45, 2.75) is 6.92 Å². The quantitative estimate of drug-likeness (QED) is 0.494. The average Bonchev–Trinajstić information content (AvgIpc) is 3.12. The number of benzene rings is 2. The molecule has 1 aromatic heterocycles. The number of imide groups is 2. The first kappa shape index (κ1) is 20.4. The molecule has 2 heterocycles. The van der Waals surface area contributed by atoms with Crippen LogP contribution >= 0.6 is 11.6 Å². The van der Waals surface area contributed by atoms with Crippen molar-refractivity contribution in [1.29, 1.82) is 0 Å². The number of nitrogens with one attached hydrogen (secondary N) is 1. The van der Waals surface area contributed by atoms with Gasteiger partial charge in [-0.25, -0.2) is 9.69 Å². The van der Waals surface area contributed by atoms with E-state index in [0.717, 1.165) is 16.3 Å². The standard InChI is InChI=1S/C23H18ClN3O4/c1-14-3-6-18(26(14)16-9-11-19(31-2)12-10-16)13-20-21(28)25-23(30)27(22(20)29)17-7-4-15(24)5-8-17/h3-13H,1-2H3,(H,25,28,30)/b20-13+. The van der Waals surface area contributed by atoms with Crippen LogP contribution in [0.15, 0.2) is 66.2 Å². The zero-order valence-corrected chi connectivity index (χ0v) is 17.5. The molecule has 8 heteroatoms. The molecule has 3 aromatic rings. The third-order valence-electron chi connectivity index (χ3n) is 4.92. The summed E-state index contributed by atoms with van der Waals surface area (Å²) in [7, 11) is 1.59. The predicted molar refractivity (Wildman–Crippen MR) is 118 cm³/mol. The molecule has 1 aliphatic heterocycles. The Morgan fingerprint density at radius 3 is 2.19 bits per heavy atom. The second-order valence-corrected chi connectivity index (χ2v) is 7.30. The van der Waals surface area contributed by atoms with Gasteiger partial charge in [0.2, 0.25) is 0 Å². The number of carbonyl (C=O) groups is 3. The number of nitrogens with zero attached hydrogens (tertiary/aromatic N) is 2. The lowest BCUT2D eigenvalue weighted by Gasteiger charge is -2.26. The summed E-state index contributed by atoms with van der Waals surface area (Å²) in [6.45, 7) is 1.92. The molecule has 4 amide bonds. The van der Waals surface area contributed by atoms with Crippen LogP contribution in [0.25, 0.3) is 11.8 Å². The molecule has 156 valence electrons. The molecule has 0 aliphatic carbocycles. The summed E-state index contributed by atoms with van der Waals surface area (Å²) in [5, 5.41) is 2.69. The van der Waals surface area contributed by atoms with Crippen LogP contribution < -0.4 is 15.0 Å². The Morgan fingerprint density at radius 1 is 0.903 bits per heavy atom. The van der Waals surface area contributed by atoms with Crippen molar-refractivity contribution >= 4 is 41.2 Å². The Kier molecular flexibility index (Phi) is 5.35. The number of urea groups is 1. The predicted octanol–water partition coefficient (Wildman–Crippen LogP) is 4.11. The van der Waals surface area contributed by atoms with Crippen LogP contribution in [0.2, 0.25) is 5.02 Å². The van der Waals surface area contributed by atoms with E-state index in [1.807, 2.05) is 41.8 Å². The van der Waals surface area contributed by atoms with Gasteiger partial charge in [-0.1, -0.05) is 11.6 Å². The van der Waals surface area contributed by atoms with Crippen molar-refractivity contribution in [3.63, 3.8) is 0 Å². The molecular formula is C23H18ClN3O4. The minimum absolute atomic E-state index is 0.151. The van der Waals surface area contributed by atoms with Gasteiger partial charge in [0, 0.05) is 22.1 Å². The molecule has 0 saturated carbocycles. The van der Waals surface area contributed by atoms with Crippen LogP contribution in [0.1, 0.15) is 11.4 Å². The van der Waals surface area contributed by atoms with Crippen molar-refractivity contribution in [3.8, 4) is 11.4 Å². The molecule has 31 heavy (non-hydrogen) atoms. The van der Waals surface area contributed by atoms with Crippen molar-refractivity contribution in [2.75, 3.05) is 12.0 Å². The number of rotatable bonds is 4. The Morgan fingerprint density at radius 2 is 1.55 bits per heavy atom. The van der Waals surface area contributed by atoms with Crippen molar-refractivity contribution in [2.24, 2.45) is 0 Å². The molecule has 1 saturated heterocycles.